The Hall–Kier alpha value is -3.84. The Morgan fingerprint density at radius 2 is 1.71 bits per heavy atom. The highest BCUT2D eigenvalue weighted by molar-refractivity contribution is 7.19. The van der Waals surface area contributed by atoms with E-state index in [9.17, 15) is 10.1 Å². The summed E-state index contributed by atoms with van der Waals surface area (Å²) in [7, 11) is 0. The van der Waals surface area contributed by atoms with Crippen LogP contribution in [0.25, 0.3) is 21.7 Å². The van der Waals surface area contributed by atoms with Crippen molar-refractivity contribution in [2.75, 3.05) is 5.43 Å². The molecule has 6 nitrogen and oxygen atoms in total. The summed E-state index contributed by atoms with van der Waals surface area (Å²) in [5, 5.41) is 15.7. The molecule has 0 aliphatic carbocycles. The molecule has 0 fully saturated rings. The van der Waals surface area contributed by atoms with Gasteiger partial charge in [-0.1, -0.05) is 53.8 Å². The molecule has 0 saturated carbocycles. The number of hydrazone groups is 1. The Kier molecular flexibility index (Phi) is 5.86. The van der Waals surface area contributed by atoms with E-state index < -0.39 is 4.92 Å². The molecule has 0 aliphatic heterocycles. The quantitative estimate of drug-likeness (QED) is 0.217. The Bertz CT molecular complexity index is 1250. The highest BCUT2D eigenvalue weighted by Crippen LogP contribution is 2.39. The van der Waals surface area contributed by atoms with E-state index in [2.05, 4.69) is 54.7 Å². The molecule has 0 aliphatic rings. The van der Waals surface area contributed by atoms with Crippen molar-refractivity contribution < 1.29 is 4.92 Å². The summed E-state index contributed by atoms with van der Waals surface area (Å²) < 4.78 is 0. The van der Waals surface area contributed by atoms with Gasteiger partial charge >= 0.3 is 0 Å². The maximum Gasteiger partial charge on any atom is 0.269 e. The zero-order chi connectivity index (χ0) is 21.8. The second-order valence-electron chi connectivity index (χ2n) is 7.08. The number of thiazole rings is 1. The first kappa shape index (κ1) is 20.4. The van der Waals surface area contributed by atoms with E-state index >= 15 is 0 Å². The van der Waals surface area contributed by atoms with Crippen LogP contribution < -0.4 is 5.43 Å². The Morgan fingerprint density at radius 3 is 2.39 bits per heavy atom. The molecule has 31 heavy (non-hydrogen) atoms. The summed E-state index contributed by atoms with van der Waals surface area (Å²) in [6.45, 7) is 4.19. The zero-order valence-electron chi connectivity index (χ0n) is 17.1. The molecule has 7 heteroatoms. The van der Waals surface area contributed by atoms with Crippen molar-refractivity contribution in [3.63, 3.8) is 0 Å². The van der Waals surface area contributed by atoms with Crippen LogP contribution >= 0.6 is 11.3 Å². The van der Waals surface area contributed by atoms with E-state index in [1.807, 2.05) is 18.2 Å². The number of non-ortho nitro benzene ring substituents is 1. The molecule has 1 aromatic heterocycles. The number of nitrogens with zero attached hydrogens (tertiary/aromatic N) is 3. The van der Waals surface area contributed by atoms with Gasteiger partial charge < -0.3 is 0 Å². The molecular formula is C24H20N4O2S. The highest BCUT2D eigenvalue weighted by Gasteiger charge is 2.15. The first-order chi connectivity index (χ1) is 15.0. The molecule has 154 valence electrons. The van der Waals surface area contributed by atoms with Crippen molar-refractivity contribution >= 4 is 28.4 Å². The van der Waals surface area contributed by atoms with Crippen LogP contribution in [0.4, 0.5) is 10.8 Å². The number of hydrogen-bond acceptors (Lipinski definition) is 6. The SMILES string of the molecule is Cc1ccc(-c2nc(N/N=C\c3ccc([N+](=O)[O-])cc3)sc2-c2ccccc2)cc1C. The average molecular weight is 429 g/mol. The third-order valence-corrected chi connectivity index (χ3v) is 5.93. The van der Waals surface area contributed by atoms with Gasteiger partial charge in [0, 0.05) is 17.7 Å². The molecule has 0 amide bonds. The smallest absolute Gasteiger partial charge is 0.258 e. The van der Waals surface area contributed by atoms with E-state index in [1.165, 1.54) is 34.6 Å². The number of nitro groups is 1. The first-order valence-electron chi connectivity index (χ1n) is 9.68. The molecule has 4 aromatic rings. The lowest BCUT2D eigenvalue weighted by Gasteiger charge is -2.05. The van der Waals surface area contributed by atoms with Crippen molar-refractivity contribution in [2.45, 2.75) is 13.8 Å². The summed E-state index contributed by atoms with van der Waals surface area (Å²) in [6.07, 6.45) is 1.61. The molecule has 0 atom stereocenters. The fourth-order valence-electron chi connectivity index (χ4n) is 3.08. The van der Waals surface area contributed by atoms with E-state index in [-0.39, 0.29) is 5.69 Å². The van der Waals surface area contributed by atoms with Crippen LogP contribution in [-0.4, -0.2) is 16.1 Å². The number of anilines is 1. The van der Waals surface area contributed by atoms with Gasteiger partial charge in [-0.15, -0.1) is 0 Å². The second kappa shape index (κ2) is 8.89. The normalized spacial score (nSPS) is 11.0. The summed E-state index contributed by atoms with van der Waals surface area (Å²) in [6, 6.07) is 22.7. The minimum Gasteiger partial charge on any atom is -0.258 e. The van der Waals surface area contributed by atoms with Crippen LogP contribution in [0.5, 0.6) is 0 Å². The second-order valence-corrected chi connectivity index (χ2v) is 8.08. The molecule has 4 rings (SSSR count). The third kappa shape index (κ3) is 4.67. The van der Waals surface area contributed by atoms with Crippen LogP contribution in [0.15, 0.2) is 77.9 Å². The van der Waals surface area contributed by atoms with E-state index in [4.69, 9.17) is 4.98 Å². The van der Waals surface area contributed by atoms with Crippen LogP contribution in [-0.2, 0) is 0 Å². The molecule has 1 N–H and O–H groups in total. The molecule has 3 aromatic carbocycles. The number of nitrogens with one attached hydrogen (secondary N) is 1. The zero-order valence-corrected chi connectivity index (χ0v) is 17.9. The average Bonchev–Trinajstić information content (AvgIpc) is 3.21. The van der Waals surface area contributed by atoms with Gasteiger partial charge in [-0.25, -0.2) is 4.98 Å². The largest absolute Gasteiger partial charge is 0.269 e. The molecule has 0 spiro atoms. The summed E-state index contributed by atoms with van der Waals surface area (Å²) in [5.41, 5.74) is 9.34. The van der Waals surface area contributed by atoms with Crippen LogP contribution in [0.1, 0.15) is 16.7 Å². The predicted octanol–water partition coefficient (Wildman–Crippen LogP) is 6.45. The van der Waals surface area contributed by atoms with Gasteiger partial charge in [0.05, 0.1) is 21.7 Å². The van der Waals surface area contributed by atoms with Crippen molar-refractivity contribution in [3.05, 3.63) is 99.6 Å². The number of hydrogen-bond donors (Lipinski definition) is 1. The van der Waals surface area contributed by atoms with Gasteiger partial charge in [0.1, 0.15) is 0 Å². The predicted molar refractivity (Wildman–Crippen MR) is 127 cm³/mol. The van der Waals surface area contributed by atoms with Gasteiger partial charge in [0.15, 0.2) is 0 Å². The standard InChI is InChI=1S/C24H20N4O2S/c1-16-8-11-20(14-17(16)2)22-23(19-6-4-3-5-7-19)31-24(26-22)27-25-15-18-9-12-21(13-10-18)28(29)30/h3-15H,1-2H3,(H,26,27)/b25-15-. The molecule has 1 heterocycles. The monoisotopic (exact) mass is 428 g/mol. The number of benzene rings is 3. The number of rotatable bonds is 6. The first-order valence-corrected chi connectivity index (χ1v) is 10.5. The topological polar surface area (TPSA) is 80.4 Å². The number of nitro benzene ring substituents is 1. The van der Waals surface area contributed by atoms with Gasteiger partial charge in [-0.3, -0.25) is 15.5 Å². The fourth-order valence-corrected chi connectivity index (χ4v) is 4.02. The van der Waals surface area contributed by atoms with Gasteiger partial charge in [-0.05, 0) is 54.3 Å². The van der Waals surface area contributed by atoms with Crippen molar-refractivity contribution in [2.24, 2.45) is 5.10 Å². The Morgan fingerprint density at radius 1 is 0.968 bits per heavy atom. The van der Waals surface area contributed by atoms with Crippen molar-refractivity contribution in [3.8, 4) is 21.7 Å². The molecule has 0 bridgehead atoms. The highest BCUT2D eigenvalue weighted by atomic mass is 32.1. The van der Waals surface area contributed by atoms with Crippen LogP contribution in [0, 0.1) is 24.0 Å². The Labute approximate surface area is 184 Å². The maximum atomic E-state index is 10.8. The van der Waals surface area contributed by atoms with E-state index in [0.717, 1.165) is 27.3 Å². The van der Waals surface area contributed by atoms with Crippen molar-refractivity contribution in [1.82, 2.24) is 4.98 Å². The molecular weight excluding hydrogens is 408 g/mol. The van der Waals surface area contributed by atoms with E-state index in [0.29, 0.717) is 5.13 Å². The fraction of sp³-hybridized carbons (Fsp3) is 0.0833. The molecule has 0 saturated heterocycles. The van der Waals surface area contributed by atoms with E-state index in [1.54, 1.807) is 18.3 Å². The molecule has 0 radical (unpaired) electrons. The third-order valence-electron chi connectivity index (χ3n) is 4.92. The minimum absolute atomic E-state index is 0.0515. The van der Waals surface area contributed by atoms with Crippen molar-refractivity contribution in [1.29, 1.82) is 0 Å². The van der Waals surface area contributed by atoms with Crippen LogP contribution in [0.3, 0.4) is 0 Å². The lowest BCUT2D eigenvalue weighted by atomic mass is 10.0. The van der Waals surface area contributed by atoms with Crippen LogP contribution in [0.2, 0.25) is 0 Å². The van der Waals surface area contributed by atoms with Gasteiger partial charge in [-0.2, -0.15) is 5.10 Å². The van der Waals surface area contributed by atoms with Gasteiger partial charge in [0.2, 0.25) is 5.13 Å². The Balaban J connectivity index is 1.63. The summed E-state index contributed by atoms with van der Waals surface area (Å²) in [4.78, 5) is 16.2. The lowest BCUT2D eigenvalue weighted by molar-refractivity contribution is -0.384. The minimum atomic E-state index is -0.422. The maximum absolute atomic E-state index is 10.8. The summed E-state index contributed by atoms with van der Waals surface area (Å²) >= 11 is 1.53. The molecule has 0 unspecified atom stereocenters. The number of aromatic nitrogens is 1. The summed E-state index contributed by atoms with van der Waals surface area (Å²) in [5.74, 6) is 0. The van der Waals surface area contributed by atoms with Gasteiger partial charge in [0.25, 0.3) is 5.69 Å². The number of aryl methyl sites for hydroxylation is 2. The lowest BCUT2D eigenvalue weighted by Crippen LogP contribution is -1.92.